The molecule has 0 amide bonds. The maximum absolute atomic E-state index is 6.06. The van der Waals surface area contributed by atoms with Gasteiger partial charge in [-0.05, 0) is 62.8 Å². The summed E-state index contributed by atoms with van der Waals surface area (Å²) >= 11 is 0. The molecule has 2 rings (SSSR count). The number of benzene rings is 1. The highest BCUT2D eigenvalue weighted by Crippen LogP contribution is 2.28. The molecule has 1 aliphatic rings. The first-order valence-electron chi connectivity index (χ1n) is 6.08. The Hall–Kier alpha value is -1.02. The van der Waals surface area contributed by atoms with Gasteiger partial charge in [0.05, 0.1) is 0 Å². The van der Waals surface area contributed by atoms with Crippen LogP contribution in [-0.4, -0.2) is 12.1 Å². The molecule has 1 aliphatic carbocycles. The topological polar surface area (TPSA) is 35.2 Å². The van der Waals surface area contributed by atoms with Crippen LogP contribution in [0, 0.1) is 20.8 Å². The van der Waals surface area contributed by atoms with E-state index in [4.69, 9.17) is 10.5 Å². The molecule has 0 radical (unpaired) electrons. The van der Waals surface area contributed by atoms with Crippen LogP contribution < -0.4 is 10.5 Å². The second-order valence-corrected chi connectivity index (χ2v) is 4.96. The monoisotopic (exact) mass is 219 g/mol. The van der Waals surface area contributed by atoms with E-state index in [1.165, 1.54) is 23.1 Å². The maximum Gasteiger partial charge on any atom is 0.123 e. The summed E-state index contributed by atoms with van der Waals surface area (Å²) in [6, 6.07) is 4.52. The molecule has 0 heterocycles. The lowest BCUT2D eigenvalue weighted by molar-refractivity contribution is 0.190. The second-order valence-electron chi connectivity index (χ2n) is 4.96. The van der Waals surface area contributed by atoms with E-state index in [9.17, 15) is 0 Å². The number of nitrogens with two attached hydrogens (primary N) is 1. The van der Waals surface area contributed by atoms with E-state index in [2.05, 4.69) is 32.9 Å². The second kappa shape index (κ2) is 4.46. The number of hydrogen-bond donors (Lipinski definition) is 1. The van der Waals surface area contributed by atoms with Crippen molar-refractivity contribution < 1.29 is 4.74 Å². The lowest BCUT2D eigenvalue weighted by Gasteiger charge is -2.20. The fourth-order valence-corrected chi connectivity index (χ4v) is 2.39. The van der Waals surface area contributed by atoms with Gasteiger partial charge in [0.2, 0.25) is 0 Å². The van der Waals surface area contributed by atoms with E-state index < -0.39 is 0 Å². The van der Waals surface area contributed by atoms with Crippen LogP contribution in [0.3, 0.4) is 0 Å². The van der Waals surface area contributed by atoms with Crippen molar-refractivity contribution in [3.8, 4) is 5.75 Å². The standard InChI is InChI=1S/C14H21NO/c1-9-7-10(2)11(3)14(8-9)16-13-6-4-5-12(13)15/h7-8,12-13H,4-6,15H2,1-3H3. The zero-order valence-corrected chi connectivity index (χ0v) is 10.4. The predicted octanol–water partition coefficient (Wildman–Crippen LogP) is 2.87. The van der Waals surface area contributed by atoms with Gasteiger partial charge in [-0.15, -0.1) is 0 Å². The molecule has 1 saturated carbocycles. The van der Waals surface area contributed by atoms with Crippen molar-refractivity contribution in [1.82, 2.24) is 0 Å². The zero-order valence-electron chi connectivity index (χ0n) is 10.4. The highest BCUT2D eigenvalue weighted by molar-refractivity contribution is 5.42. The summed E-state index contributed by atoms with van der Waals surface area (Å²) in [6.45, 7) is 6.35. The molecule has 2 heteroatoms. The van der Waals surface area contributed by atoms with Crippen LogP contribution in [-0.2, 0) is 0 Å². The average Bonchev–Trinajstić information content (AvgIpc) is 2.60. The highest BCUT2D eigenvalue weighted by atomic mass is 16.5. The van der Waals surface area contributed by atoms with Crippen molar-refractivity contribution in [2.45, 2.75) is 52.2 Å². The molecule has 2 atom stereocenters. The van der Waals surface area contributed by atoms with Crippen LogP contribution in [0.5, 0.6) is 5.75 Å². The summed E-state index contributed by atoms with van der Waals surface area (Å²) in [5, 5.41) is 0. The first-order chi connectivity index (χ1) is 7.58. The van der Waals surface area contributed by atoms with Crippen LogP contribution in [0.2, 0.25) is 0 Å². The van der Waals surface area contributed by atoms with Crippen molar-refractivity contribution in [2.75, 3.05) is 0 Å². The molecule has 1 aromatic carbocycles. The Morgan fingerprint density at radius 1 is 1.19 bits per heavy atom. The maximum atomic E-state index is 6.06. The summed E-state index contributed by atoms with van der Waals surface area (Å²) in [7, 11) is 0. The van der Waals surface area contributed by atoms with Crippen LogP contribution in [0.25, 0.3) is 0 Å². The van der Waals surface area contributed by atoms with E-state index in [1.54, 1.807) is 0 Å². The van der Waals surface area contributed by atoms with Gasteiger partial charge in [0.1, 0.15) is 11.9 Å². The lowest BCUT2D eigenvalue weighted by atomic mass is 10.1. The Bertz CT molecular complexity index is 387. The molecule has 0 saturated heterocycles. The van der Waals surface area contributed by atoms with Crippen LogP contribution >= 0.6 is 0 Å². The average molecular weight is 219 g/mol. The molecule has 2 nitrogen and oxygen atoms in total. The Balaban J connectivity index is 2.20. The Morgan fingerprint density at radius 3 is 2.56 bits per heavy atom. The van der Waals surface area contributed by atoms with E-state index in [1.807, 2.05) is 0 Å². The Morgan fingerprint density at radius 2 is 1.94 bits per heavy atom. The van der Waals surface area contributed by atoms with Gasteiger partial charge >= 0.3 is 0 Å². The summed E-state index contributed by atoms with van der Waals surface area (Å²) in [6.07, 6.45) is 3.58. The van der Waals surface area contributed by atoms with Gasteiger partial charge in [-0.1, -0.05) is 6.07 Å². The molecule has 2 N–H and O–H groups in total. The molecule has 0 spiro atoms. The van der Waals surface area contributed by atoms with Crippen molar-refractivity contribution in [3.63, 3.8) is 0 Å². The third kappa shape index (κ3) is 2.22. The van der Waals surface area contributed by atoms with E-state index in [0.29, 0.717) is 0 Å². The van der Waals surface area contributed by atoms with Gasteiger partial charge in [0.15, 0.2) is 0 Å². The number of ether oxygens (including phenoxy) is 1. The molecular formula is C14H21NO. The number of hydrogen-bond acceptors (Lipinski definition) is 2. The predicted molar refractivity (Wildman–Crippen MR) is 66.9 cm³/mol. The molecular weight excluding hydrogens is 198 g/mol. The fourth-order valence-electron chi connectivity index (χ4n) is 2.39. The summed E-state index contributed by atoms with van der Waals surface area (Å²) in [4.78, 5) is 0. The van der Waals surface area contributed by atoms with Gasteiger partial charge in [-0.25, -0.2) is 0 Å². The number of aryl methyl sites for hydroxylation is 2. The van der Waals surface area contributed by atoms with Crippen LogP contribution in [0.1, 0.15) is 36.0 Å². The minimum Gasteiger partial charge on any atom is -0.489 e. The quantitative estimate of drug-likeness (QED) is 0.830. The Kier molecular flexibility index (Phi) is 3.20. The third-order valence-electron chi connectivity index (χ3n) is 3.55. The van der Waals surface area contributed by atoms with Gasteiger partial charge in [0.25, 0.3) is 0 Å². The smallest absolute Gasteiger partial charge is 0.123 e. The highest BCUT2D eigenvalue weighted by Gasteiger charge is 2.26. The molecule has 0 bridgehead atoms. The normalized spacial score (nSPS) is 24.8. The summed E-state index contributed by atoms with van der Waals surface area (Å²) in [5.41, 5.74) is 9.82. The minimum absolute atomic E-state index is 0.208. The summed E-state index contributed by atoms with van der Waals surface area (Å²) in [5.74, 6) is 1.01. The molecule has 88 valence electrons. The first kappa shape index (κ1) is 11.5. The Labute approximate surface area is 97.8 Å². The van der Waals surface area contributed by atoms with Crippen LogP contribution in [0.4, 0.5) is 0 Å². The summed E-state index contributed by atoms with van der Waals surface area (Å²) < 4.78 is 6.06. The van der Waals surface area contributed by atoms with Gasteiger partial charge in [-0.2, -0.15) is 0 Å². The molecule has 16 heavy (non-hydrogen) atoms. The molecule has 0 aliphatic heterocycles. The largest absolute Gasteiger partial charge is 0.489 e. The van der Waals surface area contributed by atoms with Crippen molar-refractivity contribution in [3.05, 3.63) is 28.8 Å². The van der Waals surface area contributed by atoms with E-state index >= 15 is 0 Å². The van der Waals surface area contributed by atoms with Crippen molar-refractivity contribution >= 4 is 0 Å². The van der Waals surface area contributed by atoms with Crippen molar-refractivity contribution in [2.24, 2.45) is 5.73 Å². The fraction of sp³-hybridized carbons (Fsp3) is 0.571. The molecule has 2 unspecified atom stereocenters. The van der Waals surface area contributed by atoms with Gasteiger partial charge in [0, 0.05) is 6.04 Å². The molecule has 0 aromatic heterocycles. The molecule has 1 fully saturated rings. The van der Waals surface area contributed by atoms with E-state index in [-0.39, 0.29) is 12.1 Å². The zero-order chi connectivity index (χ0) is 11.7. The number of rotatable bonds is 2. The first-order valence-corrected chi connectivity index (χ1v) is 6.08. The molecule has 1 aromatic rings. The third-order valence-corrected chi connectivity index (χ3v) is 3.55. The van der Waals surface area contributed by atoms with Gasteiger partial charge < -0.3 is 10.5 Å². The van der Waals surface area contributed by atoms with E-state index in [0.717, 1.165) is 18.6 Å². The SMILES string of the molecule is Cc1cc(C)c(C)c(OC2CCCC2N)c1. The van der Waals surface area contributed by atoms with Crippen molar-refractivity contribution in [1.29, 1.82) is 0 Å². The minimum atomic E-state index is 0.208. The lowest BCUT2D eigenvalue weighted by Crippen LogP contribution is -2.33. The van der Waals surface area contributed by atoms with Gasteiger partial charge in [-0.3, -0.25) is 0 Å². The van der Waals surface area contributed by atoms with Crippen LogP contribution in [0.15, 0.2) is 12.1 Å².